The van der Waals surface area contributed by atoms with E-state index in [-0.39, 0.29) is 12.2 Å². The molecule has 0 amide bonds. The lowest BCUT2D eigenvalue weighted by molar-refractivity contribution is -0.290. The number of aliphatic hydroxyl groups excluding tert-OH is 1. The molecule has 0 spiro atoms. The van der Waals surface area contributed by atoms with Gasteiger partial charge in [-0.15, -0.1) is 0 Å². The van der Waals surface area contributed by atoms with Crippen LogP contribution >= 0.6 is 0 Å². The van der Waals surface area contributed by atoms with E-state index in [4.69, 9.17) is 5.11 Å². The van der Waals surface area contributed by atoms with Gasteiger partial charge in [0, 0.05) is 6.42 Å². The Hall–Kier alpha value is -2.12. The number of hydrogen-bond donors (Lipinski definition) is 2. The molecule has 1 aromatic rings. The molecule has 0 saturated carbocycles. The van der Waals surface area contributed by atoms with Crippen molar-refractivity contribution in [1.82, 2.24) is 0 Å². The summed E-state index contributed by atoms with van der Waals surface area (Å²) in [5.41, 5.74) is -6.12. The molecule has 2 rings (SSSR count). The van der Waals surface area contributed by atoms with Gasteiger partial charge in [-0.05, 0) is 35.8 Å². The summed E-state index contributed by atoms with van der Waals surface area (Å²) in [5, 5.41) is 18.4. The van der Waals surface area contributed by atoms with Crippen molar-refractivity contribution < 1.29 is 36.6 Å². The maximum absolute atomic E-state index is 13.6. The number of aromatic hydroxyl groups is 1. The number of hydrogen-bond acceptors (Lipinski definition) is 2. The summed E-state index contributed by atoms with van der Waals surface area (Å²) in [5.74, 6) is -0.722. The van der Waals surface area contributed by atoms with Gasteiger partial charge in [-0.1, -0.05) is 18.2 Å². The van der Waals surface area contributed by atoms with Crippen molar-refractivity contribution in [2.75, 3.05) is 0 Å². The molecular weight excluding hydrogens is 326 g/mol. The number of aliphatic hydroxyl groups is 1. The van der Waals surface area contributed by atoms with Crippen molar-refractivity contribution in [2.24, 2.45) is 0 Å². The third kappa shape index (κ3) is 2.77. The molecule has 0 aromatic heterocycles. The maximum atomic E-state index is 13.6. The SMILES string of the molecule is OC1=CC=C(C(c2ccc(O)cc2)(C(F)(F)F)C(F)(F)F)CC1. The summed E-state index contributed by atoms with van der Waals surface area (Å²) in [7, 11) is 0. The van der Waals surface area contributed by atoms with Crippen molar-refractivity contribution in [3.05, 3.63) is 53.3 Å². The first kappa shape index (κ1) is 17.2. The molecule has 0 saturated heterocycles. The lowest BCUT2D eigenvalue weighted by atomic mass is 9.70. The van der Waals surface area contributed by atoms with Crippen LogP contribution < -0.4 is 0 Å². The third-order valence-electron chi connectivity index (χ3n) is 3.76. The molecule has 0 bridgehead atoms. The van der Waals surface area contributed by atoms with Crippen LogP contribution in [0.15, 0.2) is 47.7 Å². The van der Waals surface area contributed by atoms with Crippen LogP contribution in [0.2, 0.25) is 0 Å². The van der Waals surface area contributed by atoms with Crippen LogP contribution in [0, 0.1) is 0 Å². The van der Waals surface area contributed by atoms with Gasteiger partial charge in [-0.2, -0.15) is 26.3 Å². The Kier molecular flexibility index (Phi) is 4.13. The van der Waals surface area contributed by atoms with E-state index < -0.39 is 41.1 Å². The number of phenolic OH excluding ortho intramolecular Hbond substituents is 1. The first-order valence-electron chi connectivity index (χ1n) is 6.52. The Morgan fingerprint density at radius 1 is 0.739 bits per heavy atom. The first-order chi connectivity index (χ1) is 10.5. The standard InChI is InChI=1S/C15H12F6O2/c16-14(17,18)13(15(19,20)21,9-1-5-11(22)6-2-9)10-3-7-12(23)8-4-10/h1-3,5-7,22-23H,4,8H2. The maximum Gasteiger partial charge on any atom is 0.410 e. The number of rotatable bonds is 2. The molecule has 1 aromatic carbocycles. The van der Waals surface area contributed by atoms with E-state index in [1.807, 2.05) is 0 Å². The second-order valence-corrected chi connectivity index (χ2v) is 5.14. The Labute approximate surface area is 127 Å². The van der Waals surface area contributed by atoms with Crippen molar-refractivity contribution in [3.8, 4) is 5.75 Å². The molecule has 8 heteroatoms. The van der Waals surface area contributed by atoms with E-state index in [0.29, 0.717) is 18.2 Å². The van der Waals surface area contributed by atoms with Crippen LogP contribution in [0.4, 0.5) is 26.3 Å². The van der Waals surface area contributed by atoms with Crippen LogP contribution in [-0.2, 0) is 5.41 Å². The summed E-state index contributed by atoms with van der Waals surface area (Å²) < 4.78 is 81.8. The topological polar surface area (TPSA) is 40.5 Å². The van der Waals surface area contributed by atoms with Crippen molar-refractivity contribution >= 4 is 0 Å². The van der Waals surface area contributed by atoms with Crippen molar-refractivity contribution in [2.45, 2.75) is 30.6 Å². The van der Waals surface area contributed by atoms with E-state index >= 15 is 0 Å². The minimum Gasteiger partial charge on any atom is -0.512 e. The predicted octanol–water partition coefficient (Wildman–Crippen LogP) is 4.92. The average molecular weight is 338 g/mol. The van der Waals surface area contributed by atoms with Crippen molar-refractivity contribution in [3.63, 3.8) is 0 Å². The van der Waals surface area contributed by atoms with E-state index in [1.54, 1.807) is 0 Å². The summed E-state index contributed by atoms with van der Waals surface area (Å²) in [6, 6.07) is 2.77. The monoisotopic (exact) mass is 338 g/mol. The highest BCUT2D eigenvalue weighted by Crippen LogP contribution is 2.58. The fraction of sp³-hybridized carbons (Fsp3) is 0.333. The molecule has 0 aliphatic heterocycles. The number of halogens is 6. The number of benzene rings is 1. The molecule has 0 radical (unpaired) electrons. The first-order valence-corrected chi connectivity index (χ1v) is 6.52. The molecule has 0 heterocycles. The molecular formula is C15H12F6O2. The van der Waals surface area contributed by atoms with E-state index in [1.165, 1.54) is 0 Å². The highest BCUT2D eigenvalue weighted by atomic mass is 19.4. The Balaban J connectivity index is 2.79. The van der Waals surface area contributed by atoms with Crippen LogP contribution in [0.1, 0.15) is 18.4 Å². The summed E-state index contributed by atoms with van der Waals surface area (Å²) in [6.45, 7) is 0. The summed E-state index contributed by atoms with van der Waals surface area (Å²) >= 11 is 0. The van der Waals surface area contributed by atoms with Gasteiger partial charge in [-0.25, -0.2) is 0 Å². The molecule has 0 atom stereocenters. The summed E-state index contributed by atoms with van der Waals surface area (Å²) in [4.78, 5) is 0. The number of phenols is 1. The van der Waals surface area contributed by atoms with Gasteiger partial charge in [-0.3, -0.25) is 0 Å². The van der Waals surface area contributed by atoms with Gasteiger partial charge >= 0.3 is 12.4 Å². The Morgan fingerprint density at radius 2 is 1.26 bits per heavy atom. The lowest BCUT2D eigenvalue weighted by Gasteiger charge is -2.40. The van der Waals surface area contributed by atoms with Crippen molar-refractivity contribution in [1.29, 1.82) is 0 Å². The number of allylic oxidation sites excluding steroid dienone is 4. The van der Waals surface area contributed by atoms with Crippen LogP contribution in [-0.4, -0.2) is 22.6 Å². The van der Waals surface area contributed by atoms with Gasteiger partial charge in [0.05, 0.1) is 5.76 Å². The van der Waals surface area contributed by atoms with Gasteiger partial charge in [0.2, 0.25) is 5.41 Å². The zero-order valence-corrected chi connectivity index (χ0v) is 11.5. The van der Waals surface area contributed by atoms with E-state index in [2.05, 4.69) is 0 Å². The van der Waals surface area contributed by atoms with Crippen LogP contribution in [0.25, 0.3) is 0 Å². The second-order valence-electron chi connectivity index (χ2n) is 5.14. The van der Waals surface area contributed by atoms with Gasteiger partial charge < -0.3 is 10.2 Å². The van der Waals surface area contributed by atoms with Gasteiger partial charge in [0.1, 0.15) is 5.75 Å². The third-order valence-corrected chi connectivity index (χ3v) is 3.76. The predicted molar refractivity (Wildman–Crippen MR) is 69.9 cm³/mol. The average Bonchev–Trinajstić information content (AvgIpc) is 2.40. The largest absolute Gasteiger partial charge is 0.512 e. The highest BCUT2D eigenvalue weighted by Gasteiger charge is 2.73. The van der Waals surface area contributed by atoms with Gasteiger partial charge in [0.15, 0.2) is 0 Å². The Bertz CT molecular complexity index is 623. The second kappa shape index (κ2) is 5.50. The molecule has 1 aliphatic carbocycles. The van der Waals surface area contributed by atoms with Crippen LogP contribution in [0.3, 0.4) is 0 Å². The molecule has 2 N–H and O–H groups in total. The smallest absolute Gasteiger partial charge is 0.410 e. The fourth-order valence-electron chi connectivity index (χ4n) is 2.69. The molecule has 0 fully saturated rings. The summed E-state index contributed by atoms with van der Waals surface area (Å²) in [6.07, 6.45) is -10.7. The minimum absolute atomic E-state index is 0.280. The quantitative estimate of drug-likeness (QED) is 0.752. The molecule has 23 heavy (non-hydrogen) atoms. The molecule has 1 aliphatic rings. The minimum atomic E-state index is -5.64. The van der Waals surface area contributed by atoms with E-state index in [0.717, 1.165) is 18.2 Å². The zero-order valence-electron chi connectivity index (χ0n) is 11.5. The van der Waals surface area contributed by atoms with Crippen LogP contribution in [0.5, 0.6) is 5.75 Å². The molecule has 2 nitrogen and oxygen atoms in total. The zero-order chi connectivity index (χ0) is 17.5. The Morgan fingerprint density at radius 3 is 1.65 bits per heavy atom. The molecule has 126 valence electrons. The van der Waals surface area contributed by atoms with E-state index in [9.17, 15) is 31.4 Å². The van der Waals surface area contributed by atoms with Gasteiger partial charge in [0.25, 0.3) is 0 Å². The highest BCUT2D eigenvalue weighted by molar-refractivity contribution is 5.45. The normalized spacial score (nSPS) is 16.8. The number of alkyl halides is 6. The fourth-order valence-corrected chi connectivity index (χ4v) is 2.69. The molecule has 0 unspecified atom stereocenters. The lowest BCUT2D eigenvalue weighted by Crippen LogP contribution is -2.55.